The van der Waals surface area contributed by atoms with E-state index in [-0.39, 0.29) is 11.7 Å². The van der Waals surface area contributed by atoms with Crippen LogP contribution in [0.3, 0.4) is 0 Å². The van der Waals surface area contributed by atoms with Crippen molar-refractivity contribution < 1.29 is 4.79 Å². The van der Waals surface area contributed by atoms with E-state index in [1.807, 2.05) is 25.1 Å². The molecule has 5 nitrogen and oxygen atoms in total. The molecule has 0 radical (unpaired) electrons. The summed E-state index contributed by atoms with van der Waals surface area (Å²) in [5.74, 6) is 1.06. The molecule has 0 atom stereocenters. The average molecular weight is 449 g/mol. The van der Waals surface area contributed by atoms with Crippen molar-refractivity contribution in [2.75, 3.05) is 11.1 Å². The van der Waals surface area contributed by atoms with Gasteiger partial charge in [-0.05, 0) is 49.9 Å². The predicted octanol–water partition coefficient (Wildman–Crippen LogP) is 5.98. The van der Waals surface area contributed by atoms with Gasteiger partial charge in [0.2, 0.25) is 5.91 Å². The monoisotopic (exact) mass is 448 g/mol. The lowest BCUT2D eigenvalue weighted by atomic mass is 10.1. The second-order valence-electron chi connectivity index (χ2n) is 6.74. The minimum absolute atomic E-state index is 0.0893. The number of carbonyl (C=O) groups is 1. The van der Waals surface area contributed by atoms with E-state index < -0.39 is 0 Å². The molecule has 1 amide bonds. The Hall–Kier alpha value is -1.83. The van der Waals surface area contributed by atoms with Gasteiger partial charge in [-0.3, -0.25) is 4.79 Å². The molecule has 154 valence electrons. The zero-order valence-corrected chi connectivity index (χ0v) is 19.5. The number of halogens is 1. The van der Waals surface area contributed by atoms with Gasteiger partial charge in [0.1, 0.15) is 0 Å². The maximum atomic E-state index is 12.5. The third kappa shape index (κ3) is 4.85. The Morgan fingerprint density at radius 2 is 2.07 bits per heavy atom. The molecule has 1 aromatic carbocycles. The third-order valence-electron chi connectivity index (χ3n) is 4.74. The lowest BCUT2D eigenvalue weighted by Gasteiger charge is -2.11. The van der Waals surface area contributed by atoms with Crippen LogP contribution in [0.4, 0.5) is 5.69 Å². The van der Waals surface area contributed by atoms with Crippen LogP contribution in [-0.2, 0) is 17.8 Å². The number of anilines is 1. The van der Waals surface area contributed by atoms with Crippen LogP contribution in [0.25, 0.3) is 11.4 Å². The topological polar surface area (TPSA) is 59.8 Å². The molecule has 2 heterocycles. The molecule has 0 aliphatic heterocycles. The van der Waals surface area contributed by atoms with Crippen molar-refractivity contribution >= 4 is 46.3 Å². The van der Waals surface area contributed by atoms with Gasteiger partial charge in [-0.25, -0.2) is 0 Å². The first-order chi connectivity index (χ1) is 14.0. The first kappa shape index (κ1) is 21.9. The Kier molecular flexibility index (Phi) is 7.38. The Morgan fingerprint density at radius 1 is 1.28 bits per heavy atom. The van der Waals surface area contributed by atoms with Gasteiger partial charge in [0.15, 0.2) is 11.0 Å². The van der Waals surface area contributed by atoms with Crippen LogP contribution in [0.15, 0.2) is 28.7 Å². The molecule has 0 spiro atoms. The lowest BCUT2D eigenvalue weighted by Crippen LogP contribution is -2.15. The van der Waals surface area contributed by atoms with Crippen molar-refractivity contribution in [2.24, 2.45) is 0 Å². The molecule has 3 aromatic rings. The van der Waals surface area contributed by atoms with Crippen LogP contribution in [0.2, 0.25) is 5.02 Å². The van der Waals surface area contributed by atoms with E-state index in [1.165, 1.54) is 22.2 Å². The molecule has 0 saturated heterocycles. The minimum Gasteiger partial charge on any atom is -0.325 e. The van der Waals surface area contributed by atoms with Crippen LogP contribution in [0, 0.1) is 13.8 Å². The van der Waals surface area contributed by atoms with Gasteiger partial charge in [-0.15, -0.1) is 21.5 Å². The molecule has 2 aromatic heterocycles. The summed E-state index contributed by atoms with van der Waals surface area (Å²) >= 11 is 9.29. The van der Waals surface area contributed by atoms with Crippen molar-refractivity contribution in [1.82, 2.24) is 14.8 Å². The summed E-state index contributed by atoms with van der Waals surface area (Å²) in [6.45, 7) is 9.15. The summed E-state index contributed by atoms with van der Waals surface area (Å²) in [7, 11) is 0. The van der Waals surface area contributed by atoms with Crippen molar-refractivity contribution in [3.05, 3.63) is 44.6 Å². The lowest BCUT2D eigenvalue weighted by molar-refractivity contribution is -0.113. The SMILES string of the molecule is CCCn1c(SCC(=O)Nc2cccc(Cl)c2C)nnc1-c1csc(C)c1CC. The molecular formula is C21H25ClN4OS2. The van der Waals surface area contributed by atoms with Gasteiger partial charge in [0.25, 0.3) is 0 Å². The summed E-state index contributed by atoms with van der Waals surface area (Å²) in [6, 6.07) is 5.50. The number of thiophene rings is 1. The zero-order chi connectivity index (χ0) is 21.0. The van der Waals surface area contributed by atoms with Crippen molar-refractivity contribution in [1.29, 1.82) is 0 Å². The van der Waals surface area contributed by atoms with Gasteiger partial charge >= 0.3 is 0 Å². The Balaban J connectivity index is 1.76. The summed E-state index contributed by atoms with van der Waals surface area (Å²) in [6.07, 6.45) is 1.94. The zero-order valence-electron chi connectivity index (χ0n) is 17.1. The molecular weight excluding hydrogens is 424 g/mol. The highest BCUT2D eigenvalue weighted by atomic mass is 35.5. The minimum atomic E-state index is -0.0893. The first-order valence-corrected chi connectivity index (χ1v) is 11.9. The quantitative estimate of drug-likeness (QED) is 0.430. The second-order valence-corrected chi connectivity index (χ2v) is 9.18. The number of aromatic nitrogens is 3. The normalized spacial score (nSPS) is 11.1. The molecule has 0 bridgehead atoms. The van der Waals surface area contributed by atoms with Gasteiger partial charge < -0.3 is 9.88 Å². The number of benzene rings is 1. The smallest absolute Gasteiger partial charge is 0.234 e. The molecule has 8 heteroatoms. The summed E-state index contributed by atoms with van der Waals surface area (Å²) in [5, 5.41) is 15.4. The van der Waals surface area contributed by atoms with Crippen LogP contribution < -0.4 is 5.32 Å². The number of amides is 1. The fourth-order valence-corrected chi connectivity index (χ4v) is 5.06. The number of thioether (sulfide) groups is 1. The maximum Gasteiger partial charge on any atom is 0.234 e. The van der Waals surface area contributed by atoms with Gasteiger partial charge in [0, 0.05) is 33.1 Å². The standard InChI is InChI=1S/C21H25ClN4OS2/c1-5-10-26-20(16-11-28-14(4)15(16)6-2)24-25-21(26)29-12-19(27)23-18-9-7-8-17(22)13(18)3/h7-9,11H,5-6,10,12H2,1-4H3,(H,23,27). The third-order valence-corrected chi connectivity index (χ3v) is 7.07. The molecule has 0 saturated carbocycles. The van der Waals surface area contributed by atoms with E-state index in [1.54, 1.807) is 11.3 Å². The van der Waals surface area contributed by atoms with Crippen molar-refractivity contribution in [2.45, 2.75) is 52.2 Å². The number of nitrogens with one attached hydrogen (secondary N) is 1. The summed E-state index contributed by atoms with van der Waals surface area (Å²) < 4.78 is 2.13. The molecule has 1 N–H and O–H groups in total. The van der Waals surface area contributed by atoms with Crippen LogP contribution in [-0.4, -0.2) is 26.4 Å². The highest BCUT2D eigenvalue weighted by Gasteiger charge is 2.19. The van der Waals surface area contributed by atoms with E-state index in [0.717, 1.165) is 47.2 Å². The molecule has 0 aliphatic rings. The molecule has 3 rings (SSSR count). The van der Waals surface area contributed by atoms with E-state index >= 15 is 0 Å². The maximum absolute atomic E-state index is 12.5. The largest absolute Gasteiger partial charge is 0.325 e. The average Bonchev–Trinajstić information content (AvgIpc) is 3.26. The number of carbonyl (C=O) groups excluding carboxylic acids is 1. The van der Waals surface area contributed by atoms with Crippen LogP contribution in [0.1, 0.15) is 36.3 Å². The Labute approximate surface area is 184 Å². The van der Waals surface area contributed by atoms with Crippen molar-refractivity contribution in [3.63, 3.8) is 0 Å². The molecule has 0 unspecified atom stereocenters. The number of hydrogen-bond acceptors (Lipinski definition) is 5. The number of rotatable bonds is 8. The fraction of sp³-hybridized carbons (Fsp3) is 0.381. The van der Waals surface area contributed by atoms with E-state index in [2.05, 4.69) is 46.2 Å². The fourth-order valence-electron chi connectivity index (χ4n) is 3.19. The predicted molar refractivity (Wildman–Crippen MR) is 123 cm³/mol. The van der Waals surface area contributed by atoms with Crippen LogP contribution in [0.5, 0.6) is 0 Å². The highest BCUT2D eigenvalue weighted by molar-refractivity contribution is 7.99. The number of hydrogen-bond donors (Lipinski definition) is 1. The molecule has 0 fully saturated rings. The van der Waals surface area contributed by atoms with Crippen molar-refractivity contribution in [3.8, 4) is 11.4 Å². The van der Waals surface area contributed by atoms with Crippen LogP contribution >= 0.6 is 34.7 Å². The van der Waals surface area contributed by atoms with E-state index in [9.17, 15) is 4.79 Å². The Morgan fingerprint density at radius 3 is 2.79 bits per heavy atom. The number of nitrogens with zero attached hydrogens (tertiary/aromatic N) is 3. The Bertz CT molecular complexity index is 1010. The highest BCUT2D eigenvalue weighted by Crippen LogP contribution is 2.33. The van der Waals surface area contributed by atoms with E-state index in [4.69, 9.17) is 11.6 Å². The summed E-state index contributed by atoms with van der Waals surface area (Å²) in [5.41, 5.74) is 4.08. The number of aryl methyl sites for hydroxylation is 1. The summed E-state index contributed by atoms with van der Waals surface area (Å²) in [4.78, 5) is 13.8. The van der Waals surface area contributed by atoms with Gasteiger partial charge in [0.05, 0.1) is 5.75 Å². The van der Waals surface area contributed by atoms with Gasteiger partial charge in [-0.2, -0.15) is 0 Å². The second kappa shape index (κ2) is 9.78. The van der Waals surface area contributed by atoms with Gasteiger partial charge in [-0.1, -0.05) is 43.3 Å². The van der Waals surface area contributed by atoms with E-state index in [0.29, 0.717) is 5.02 Å². The first-order valence-electron chi connectivity index (χ1n) is 9.64. The molecule has 29 heavy (non-hydrogen) atoms. The molecule has 0 aliphatic carbocycles.